The van der Waals surface area contributed by atoms with E-state index < -0.39 is 11.8 Å². The molecular formula is C44H32N10O2. The third kappa shape index (κ3) is 6.37. The standard InChI is InChI=1S/C44H32N10O2/c1-29-37-38(35-27-52(32-21-11-4-12-22-32)49-40(35)43(55)45-30-17-7-2-8-18-30)47-48-39(42(37)51-54(29)34-25-15-6-16-26-34)36-28-53(33-23-13-5-14-24-33)50-41(36)44(56)46-31-19-9-3-10-20-31/h2-28H,1H3,(H,45,55)(H,46,56). The summed E-state index contributed by atoms with van der Waals surface area (Å²) >= 11 is 0. The summed E-state index contributed by atoms with van der Waals surface area (Å²) in [5.74, 6) is -0.847. The van der Waals surface area contributed by atoms with Crippen LogP contribution < -0.4 is 10.6 Å². The second-order valence-electron chi connectivity index (χ2n) is 12.9. The zero-order valence-corrected chi connectivity index (χ0v) is 30.0. The molecule has 9 rings (SSSR count). The summed E-state index contributed by atoms with van der Waals surface area (Å²) in [6.45, 7) is 1.94. The van der Waals surface area contributed by atoms with Crippen molar-refractivity contribution in [3.05, 3.63) is 181 Å². The van der Waals surface area contributed by atoms with E-state index >= 15 is 0 Å². The third-order valence-corrected chi connectivity index (χ3v) is 9.30. The minimum absolute atomic E-state index is 0.132. The molecule has 4 heterocycles. The second kappa shape index (κ2) is 14.4. The molecule has 0 saturated heterocycles. The first-order valence-electron chi connectivity index (χ1n) is 17.9. The van der Waals surface area contributed by atoms with Gasteiger partial charge in [-0.3, -0.25) is 9.59 Å². The van der Waals surface area contributed by atoms with Crippen molar-refractivity contribution in [1.29, 1.82) is 0 Å². The number of carbonyl (C=O) groups excluding carboxylic acids is 2. The maximum absolute atomic E-state index is 14.1. The Labute approximate surface area is 320 Å². The Balaban J connectivity index is 1.27. The first-order chi connectivity index (χ1) is 27.5. The number of nitrogens with one attached hydrogen (secondary N) is 2. The van der Waals surface area contributed by atoms with E-state index in [4.69, 9.17) is 25.5 Å². The van der Waals surface area contributed by atoms with E-state index in [-0.39, 0.29) is 11.4 Å². The number of para-hydroxylation sites is 5. The van der Waals surface area contributed by atoms with E-state index in [1.165, 1.54) is 0 Å². The molecule has 0 fully saturated rings. The van der Waals surface area contributed by atoms with Gasteiger partial charge in [-0.2, -0.15) is 15.3 Å². The Bertz CT molecular complexity index is 2830. The number of fused-ring (bicyclic) bond motifs is 1. The quantitative estimate of drug-likeness (QED) is 0.152. The molecular weight excluding hydrogens is 701 g/mol. The first kappa shape index (κ1) is 33.8. The Morgan fingerprint density at radius 3 is 1.34 bits per heavy atom. The zero-order chi connectivity index (χ0) is 38.0. The molecule has 0 bridgehead atoms. The molecule has 12 nitrogen and oxygen atoms in total. The molecule has 0 spiro atoms. The number of hydrogen-bond acceptors (Lipinski definition) is 7. The third-order valence-electron chi connectivity index (χ3n) is 9.30. The van der Waals surface area contributed by atoms with Gasteiger partial charge in [-0.05, 0) is 67.6 Å². The van der Waals surface area contributed by atoms with Gasteiger partial charge in [0.25, 0.3) is 11.8 Å². The minimum atomic E-state index is -0.428. The molecule has 0 radical (unpaired) electrons. The molecule has 0 aliphatic rings. The van der Waals surface area contributed by atoms with Crippen molar-refractivity contribution in [2.75, 3.05) is 10.6 Å². The number of anilines is 2. The molecule has 9 aromatic rings. The molecule has 0 saturated carbocycles. The molecule has 0 atom stereocenters. The van der Waals surface area contributed by atoms with Gasteiger partial charge in [0, 0.05) is 23.8 Å². The monoisotopic (exact) mass is 732 g/mol. The molecule has 12 heteroatoms. The molecule has 5 aromatic carbocycles. The zero-order valence-electron chi connectivity index (χ0n) is 30.0. The number of hydrogen-bond donors (Lipinski definition) is 2. The van der Waals surface area contributed by atoms with E-state index in [0.29, 0.717) is 44.8 Å². The maximum atomic E-state index is 14.1. The Kier molecular flexibility index (Phi) is 8.72. The number of benzene rings is 5. The highest BCUT2D eigenvalue weighted by Crippen LogP contribution is 2.38. The number of carbonyl (C=O) groups is 2. The SMILES string of the molecule is Cc1c2c(-c3cn(-c4ccccc4)nc3C(=O)Nc3ccccc3)nnc(-c3cn(-c4ccccc4)nc3C(=O)Nc3ccccc3)c2nn1-c1ccccc1. The highest BCUT2D eigenvalue weighted by atomic mass is 16.2. The molecule has 0 aliphatic carbocycles. The average Bonchev–Trinajstić information content (AvgIpc) is 3.99. The first-order valence-corrected chi connectivity index (χ1v) is 17.9. The van der Waals surface area contributed by atoms with E-state index in [1.54, 1.807) is 21.8 Å². The number of amides is 2. The summed E-state index contributed by atoms with van der Waals surface area (Å²) in [5, 5.41) is 30.9. The topological polar surface area (TPSA) is 137 Å². The van der Waals surface area contributed by atoms with E-state index in [1.807, 2.05) is 163 Å². The second-order valence-corrected chi connectivity index (χ2v) is 12.9. The molecule has 2 N–H and O–H groups in total. The number of nitrogens with zero attached hydrogens (tertiary/aromatic N) is 8. The van der Waals surface area contributed by atoms with Gasteiger partial charge in [0.05, 0.1) is 39.3 Å². The lowest BCUT2D eigenvalue weighted by Gasteiger charge is -2.08. The summed E-state index contributed by atoms with van der Waals surface area (Å²) in [6, 6.07) is 47.2. The van der Waals surface area contributed by atoms with Gasteiger partial charge in [0.15, 0.2) is 11.4 Å². The molecule has 56 heavy (non-hydrogen) atoms. The van der Waals surface area contributed by atoms with Crippen LogP contribution in [0.2, 0.25) is 0 Å². The summed E-state index contributed by atoms with van der Waals surface area (Å²) in [7, 11) is 0. The van der Waals surface area contributed by atoms with Gasteiger partial charge < -0.3 is 10.6 Å². The molecule has 4 aromatic heterocycles. The summed E-state index contributed by atoms with van der Waals surface area (Å²) in [4.78, 5) is 28.1. The van der Waals surface area contributed by atoms with Crippen molar-refractivity contribution >= 4 is 34.1 Å². The lowest BCUT2D eigenvalue weighted by molar-refractivity contribution is 0.101. The van der Waals surface area contributed by atoms with Crippen molar-refractivity contribution in [1.82, 2.24) is 39.5 Å². The predicted molar refractivity (Wildman–Crippen MR) is 215 cm³/mol. The summed E-state index contributed by atoms with van der Waals surface area (Å²) in [5.41, 5.74) is 6.64. The smallest absolute Gasteiger partial charge is 0.276 e. The van der Waals surface area contributed by atoms with E-state index in [9.17, 15) is 9.59 Å². The Morgan fingerprint density at radius 2 is 0.875 bits per heavy atom. The minimum Gasteiger partial charge on any atom is -0.321 e. The maximum Gasteiger partial charge on any atom is 0.276 e. The van der Waals surface area contributed by atoms with Gasteiger partial charge in [-0.25, -0.2) is 14.0 Å². The van der Waals surface area contributed by atoms with Gasteiger partial charge in [0.1, 0.15) is 16.9 Å². The van der Waals surface area contributed by atoms with Crippen LogP contribution in [0.5, 0.6) is 0 Å². The summed E-state index contributed by atoms with van der Waals surface area (Å²) < 4.78 is 5.12. The lowest BCUT2D eigenvalue weighted by atomic mass is 10.0. The van der Waals surface area contributed by atoms with Gasteiger partial charge in [0.2, 0.25) is 0 Å². The van der Waals surface area contributed by atoms with Crippen molar-refractivity contribution < 1.29 is 9.59 Å². The van der Waals surface area contributed by atoms with E-state index in [2.05, 4.69) is 10.6 Å². The molecule has 0 aliphatic heterocycles. The Morgan fingerprint density at radius 1 is 0.482 bits per heavy atom. The fraction of sp³-hybridized carbons (Fsp3) is 0.0227. The predicted octanol–water partition coefficient (Wildman–Crippen LogP) is 8.33. The van der Waals surface area contributed by atoms with Crippen LogP contribution in [-0.4, -0.2) is 51.4 Å². The van der Waals surface area contributed by atoms with Crippen LogP contribution in [0.1, 0.15) is 26.7 Å². The fourth-order valence-corrected chi connectivity index (χ4v) is 6.62. The summed E-state index contributed by atoms with van der Waals surface area (Å²) in [6.07, 6.45) is 3.55. The molecule has 2 amide bonds. The van der Waals surface area contributed by atoms with Crippen LogP contribution in [0.3, 0.4) is 0 Å². The van der Waals surface area contributed by atoms with Crippen LogP contribution >= 0.6 is 0 Å². The van der Waals surface area contributed by atoms with Crippen LogP contribution in [0, 0.1) is 6.92 Å². The number of rotatable bonds is 9. The Hall–Kier alpha value is -7.99. The fourth-order valence-electron chi connectivity index (χ4n) is 6.62. The largest absolute Gasteiger partial charge is 0.321 e. The highest BCUT2D eigenvalue weighted by molar-refractivity contribution is 6.12. The van der Waals surface area contributed by atoms with E-state index in [0.717, 1.165) is 22.8 Å². The van der Waals surface area contributed by atoms with Gasteiger partial charge >= 0.3 is 0 Å². The van der Waals surface area contributed by atoms with Gasteiger partial charge in [-0.1, -0.05) is 91.0 Å². The van der Waals surface area contributed by atoms with Crippen LogP contribution in [-0.2, 0) is 0 Å². The molecule has 0 unspecified atom stereocenters. The van der Waals surface area contributed by atoms with Crippen molar-refractivity contribution in [3.8, 4) is 39.6 Å². The number of aryl methyl sites for hydroxylation is 1. The van der Waals surface area contributed by atoms with Crippen molar-refractivity contribution in [2.45, 2.75) is 6.92 Å². The molecule has 270 valence electrons. The van der Waals surface area contributed by atoms with Crippen molar-refractivity contribution in [2.24, 2.45) is 0 Å². The average molecular weight is 733 g/mol. The lowest BCUT2D eigenvalue weighted by Crippen LogP contribution is -2.15. The van der Waals surface area contributed by atoms with Crippen LogP contribution in [0.4, 0.5) is 11.4 Å². The van der Waals surface area contributed by atoms with Crippen molar-refractivity contribution in [3.63, 3.8) is 0 Å². The van der Waals surface area contributed by atoms with Gasteiger partial charge in [-0.15, -0.1) is 10.2 Å². The van der Waals surface area contributed by atoms with Crippen LogP contribution in [0.15, 0.2) is 164 Å². The number of aromatic nitrogens is 8. The van der Waals surface area contributed by atoms with Crippen LogP contribution in [0.25, 0.3) is 50.5 Å². The normalized spacial score (nSPS) is 11.1. The highest BCUT2D eigenvalue weighted by Gasteiger charge is 2.29.